The Morgan fingerprint density at radius 1 is 0.963 bits per heavy atom. The van der Waals surface area contributed by atoms with Gasteiger partial charge in [-0.15, -0.1) is 0 Å². The molecule has 1 amide bonds. The molecule has 2 aromatic carbocycles. The van der Waals surface area contributed by atoms with Crippen LogP contribution in [0, 0.1) is 0 Å². The van der Waals surface area contributed by atoms with Gasteiger partial charge in [0.25, 0.3) is 0 Å². The van der Waals surface area contributed by atoms with E-state index in [1.54, 1.807) is 57.4 Å². The summed E-state index contributed by atoms with van der Waals surface area (Å²) in [6.45, 7) is 4.51. The van der Waals surface area contributed by atoms with E-state index in [2.05, 4.69) is 10.6 Å². The predicted octanol–water partition coefficient (Wildman–Crippen LogP) is 2.78. The van der Waals surface area contributed by atoms with Crippen molar-refractivity contribution in [2.45, 2.75) is 18.7 Å². The molecule has 0 aliphatic carbocycles. The van der Waals surface area contributed by atoms with Gasteiger partial charge in [0.15, 0.2) is 0 Å². The second-order valence-electron chi connectivity index (χ2n) is 5.74. The fourth-order valence-electron chi connectivity index (χ4n) is 2.52. The standard InChI is InChI=1S/C19H25N3O4S/c1-4-22(5-2)27(24,25)18-12-8-15(9-13-18)20-14-19(23)21-16-6-10-17(26-3)11-7-16/h6-13,20H,4-5,14H2,1-3H3,(H,21,23). The van der Waals surface area contributed by atoms with Crippen LogP contribution in [-0.4, -0.2) is 45.4 Å². The van der Waals surface area contributed by atoms with Crippen molar-refractivity contribution in [1.29, 1.82) is 0 Å². The lowest BCUT2D eigenvalue weighted by molar-refractivity contribution is -0.114. The first-order valence-corrected chi connectivity index (χ1v) is 10.1. The van der Waals surface area contributed by atoms with Crippen molar-refractivity contribution in [2.75, 3.05) is 37.4 Å². The number of amides is 1. The lowest BCUT2D eigenvalue weighted by atomic mass is 10.3. The number of hydrogen-bond acceptors (Lipinski definition) is 5. The van der Waals surface area contributed by atoms with Crippen LogP contribution in [0.1, 0.15) is 13.8 Å². The summed E-state index contributed by atoms with van der Waals surface area (Å²) in [6.07, 6.45) is 0. The molecule has 0 fully saturated rings. The molecular formula is C19H25N3O4S. The van der Waals surface area contributed by atoms with Gasteiger partial charge in [0.05, 0.1) is 18.6 Å². The lowest BCUT2D eigenvalue weighted by Gasteiger charge is -2.18. The highest BCUT2D eigenvalue weighted by Crippen LogP contribution is 2.18. The number of benzene rings is 2. The maximum absolute atomic E-state index is 12.5. The molecule has 146 valence electrons. The maximum atomic E-state index is 12.5. The van der Waals surface area contributed by atoms with Gasteiger partial charge in [-0.25, -0.2) is 8.42 Å². The van der Waals surface area contributed by atoms with Crippen molar-refractivity contribution >= 4 is 27.3 Å². The highest BCUT2D eigenvalue weighted by atomic mass is 32.2. The van der Waals surface area contributed by atoms with Crippen LogP contribution >= 0.6 is 0 Å². The first-order chi connectivity index (χ1) is 12.9. The number of ether oxygens (including phenoxy) is 1. The van der Waals surface area contributed by atoms with Crippen LogP contribution in [0.25, 0.3) is 0 Å². The van der Waals surface area contributed by atoms with Crippen molar-refractivity contribution in [3.05, 3.63) is 48.5 Å². The van der Waals surface area contributed by atoms with Gasteiger partial charge in [-0.2, -0.15) is 4.31 Å². The molecule has 0 unspecified atom stereocenters. The molecule has 2 rings (SSSR count). The molecule has 0 aliphatic heterocycles. The Morgan fingerprint density at radius 3 is 2.04 bits per heavy atom. The molecule has 2 aromatic rings. The average molecular weight is 391 g/mol. The van der Waals surface area contributed by atoms with Gasteiger partial charge >= 0.3 is 0 Å². The van der Waals surface area contributed by atoms with Gasteiger partial charge in [0.1, 0.15) is 5.75 Å². The minimum Gasteiger partial charge on any atom is -0.497 e. The van der Waals surface area contributed by atoms with Crippen molar-refractivity contribution in [2.24, 2.45) is 0 Å². The molecule has 0 spiro atoms. The molecule has 0 heterocycles. The Hall–Kier alpha value is -2.58. The fourth-order valence-corrected chi connectivity index (χ4v) is 3.98. The summed E-state index contributed by atoms with van der Waals surface area (Å²) >= 11 is 0. The number of rotatable bonds is 9. The number of methoxy groups -OCH3 is 1. The number of carbonyl (C=O) groups excluding carboxylic acids is 1. The molecule has 0 aliphatic rings. The van der Waals surface area contributed by atoms with E-state index in [9.17, 15) is 13.2 Å². The van der Waals surface area contributed by atoms with Gasteiger partial charge in [0, 0.05) is 24.5 Å². The molecule has 27 heavy (non-hydrogen) atoms. The summed E-state index contributed by atoms with van der Waals surface area (Å²) in [5.74, 6) is 0.505. The average Bonchev–Trinajstić information content (AvgIpc) is 2.68. The molecule has 0 aromatic heterocycles. The van der Waals surface area contributed by atoms with E-state index in [-0.39, 0.29) is 17.3 Å². The van der Waals surface area contributed by atoms with E-state index < -0.39 is 10.0 Å². The van der Waals surface area contributed by atoms with E-state index in [0.29, 0.717) is 30.2 Å². The zero-order chi connectivity index (χ0) is 19.9. The van der Waals surface area contributed by atoms with Crippen LogP contribution in [0.5, 0.6) is 5.75 Å². The summed E-state index contributed by atoms with van der Waals surface area (Å²) in [5.41, 5.74) is 1.33. The summed E-state index contributed by atoms with van der Waals surface area (Å²) < 4.78 is 31.4. The fraction of sp³-hybridized carbons (Fsp3) is 0.316. The Morgan fingerprint density at radius 2 is 1.52 bits per heavy atom. The third-order valence-electron chi connectivity index (χ3n) is 4.02. The van der Waals surface area contributed by atoms with Crippen LogP contribution in [0.4, 0.5) is 11.4 Å². The zero-order valence-corrected chi connectivity index (χ0v) is 16.5. The SMILES string of the molecule is CCN(CC)S(=O)(=O)c1ccc(NCC(=O)Nc2ccc(OC)cc2)cc1. The molecule has 2 N–H and O–H groups in total. The van der Waals surface area contributed by atoms with Crippen LogP contribution in [0.2, 0.25) is 0 Å². The number of hydrogen-bond donors (Lipinski definition) is 2. The van der Waals surface area contributed by atoms with Crippen molar-refractivity contribution in [3.8, 4) is 5.75 Å². The van der Waals surface area contributed by atoms with Crippen molar-refractivity contribution < 1.29 is 17.9 Å². The Labute approximate surface area is 160 Å². The molecule has 7 nitrogen and oxygen atoms in total. The third kappa shape index (κ3) is 5.45. The van der Waals surface area contributed by atoms with Gasteiger partial charge in [-0.1, -0.05) is 13.8 Å². The number of carbonyl (C=O) groups is 1. The van der Waals surface area contributed by atoms with E-state index in [1.165, 1.54) is 16.4 Å². The third-order valence-corrected chi connectivity index (χ3v) is 6.09. The van der Waals surface area contributed by atoms with Crippen molar-refractivity contribution in [1.82, 2.24) is 4.31 Å². The summed E-state index contributed by atoms with van der Waals surface area (Å²) in [4.78, 5) is 12.3. The van der Waals surface area contributed by atoms with Gasteiger partial charge in [-0.3, -0.25) is 4.79 Å². The Kier molecular flexibility index (Phi) is 7.20. The number of anilines is 2. The second kappa shape index (κ2) is 9.38. The smallest absolute Gasteiger partial charge is 0.243 e. The molecular weight excluding hydrogens is 366 g/mol. The summed E-state index contributed by atoms with van der Waals surface area (Å²) in [5, 5.41) is 5.75. The van der Waals surface area contributed by atoms with Crippen LogP contribution < -0.4 is 15.4 Å². The largest absolute Gasteiger partial charge is 0.497 e. The van der Waals surface area contributed by atoms with E-state index in [1.807, 2.05) is 0 Å². The minimum atomic E-state index is -3.48. The topological polar surface area (TPSA) is 87.7 Å². The molecule has 8 heteroatoms. The molecule has 0 atom stereocenters. The highest BCUT2D eigenvalue weighted by molar-refractivity contribution is 7.89. The number of nitrogens with one attached hydrogen (secondary N) is 2. The Bertz CT molecular complexity index is 846. The maximum Gasteiger partial charge on any atom is 0.243 e. The van der Waals surface area contributed by atoms with Crippen LogP contribution in [0.15, 0.2) is 53.4 Å². The first kappa shape index (κ1) is 20.7. The summed E-state index contributed by atoms with van der Waals surface area (Å²) in [6, 6.07) is 13.4. The van der Waals surface area contributed by atoms with Gasteiger partial charge in [-0.05, 0) is 48.5 Å². The molecule has 0 bridgehead atoms. The van der Waals surface area contributed by atoms with E-state index in [4.69, 9.17) is 4.74 Å². The quantitative estimate of drug-likeness (QED) is 0.686. The normalized spacial score (nSPS) is 11.3. The second-order valence-corrected chi connectivity index (χ2v) is 7.68. The van der Waals surface area contributed by atoms with Gasteiger partial charge < -0.3 is 15.4 Å². The monoisotopic (exact) mass is 391 g/mol. The number of sulfonamides is 1. The molecule has 0 saturated heterocycles. The highest BCUT2D eigenvalue weighted by Gasteiger charge is 2.21. The van der Waals surface area contributed by atoms with Crippen LogP contribution in [0.3, 0.4) is 0 Å². The minimum absolute atomic E-state index is 0.0637. The van der Waals surface area contributed by atoms with E-state index in [0.717, 1.165) is 0 Å². The number of nitrogens with zero attached hydrogens (tertiary/aromatic N) is 1. The Balaban J connectivity index is 1.93. The van der Waals surface area contributed by atoms with Crippen LogP contribution in [-0.2, 0) is 14.8 Å². The molecule has 0 radical (unpaired) electrons. The zero-order valence-electron chi connectivity index (χ0n) is 15.7. The predicted molar refractivity (Wildman–Crippen MR) is 107 cm³/mol. The first-order valence-electron chi connectivity index (χ1n) is 8.68. The lowest BCUT2D eigenvalue weighted by Crippen LogP contribution is -2.30. The van der Waals surface area contributed by atoms with E-state index >= 15 is 0 Å². The van der Waals surface area contributed by atoms with Crippen molar-refractivity contribution in [3.63, 3.8) is 0 Å². The molecule has 0 saturated carbocycles. The summed E-state index contributed by atoms with van der Waals surface area (Å²) in [7, 11) is -1.90. The van der Waals surface area contributed by atoms with Gasteiger partial charge in [0.2, 0.25) is 15.9 Å².